The molecule has 0 unspecified atom stereocenters. The van der Waals surface area contributed by atoms with Crippen LogP contribution in [-0.2, 0) is 0 Å². The lowest BCUT2D eigenvalue weighted by molar-refractivity contribution is 0.0959. The molecule has 0 radical (unpaired) electrons. The normalized spacial score (nSPS) is 9.21. The number of terminal acetylenes is 1. The zero-order valence-electron chi connectivity index (χ0n) is 7.80. The Labute approximate surface area is 88.3 Å². The van der Waals surface area contributed by atoms with Crippen LogP contribution < -0.4 is 5.32 Å². The molecule has 1 rings (SSSR count). The lowest BCUT2D eigenvalue weighted by Gasteiger charge is -2.04. The molecule has 1 aromatic rings. The molecule has 0 aliphatic heterocycles. The summed E-state index contributed by atoms with van der Waals surface area (Å²) in [5.41, 5.74) is 1.47. The lowest BCUT2D eigenvalue weighted by Crippen LogP contribution is -2.23. The Balaban J connectivity index is 2.86. The molecular formula is C11H10ClNO. The predicted molar refractivity (Wildman–Crippen MR) is 57.4 cm³/mol. The second-order valence-corrected chi connectivity index (χ2v) is 3.28. The SMILES string of the molecule is C#CCNC(=O)c1ccc(C)cc1Cl. The van der Waals surface area contributed by atoms with Gasteiger partial charge in [-0.2, -0.15) is 0 Å². The second kappa shape index (κ2) is 4.69. The Hall–Kier alpha value is -1.46. The highest BCUT2D eigenvalue weighted by molar-refractivity contribution is 6.33. The highest BCUT2D eigenvalue weighted by Crippen LogP contribution is 2.17. The number of benzene rings is 1. The van der Waals surface area contributed by atoms with Gasteiger partial charge in [0, 0.05) is 0 Å². The number of carbonyl (C=O) groups excluding carboxylic acids is 1. The van der Waals surface area contributed by atoms with Crippen molar-refractivity contribution in [3.05, 3.63) is 34.3 Å². The molecule has 0 saturated carbocycles. The van der Waals surface area contributed by atoms with Gasteiger partial charge in [-0.1, -0.05) is 23.6 Å². The first-order valence-electron chi connectivity index (χ1n) is 4.13. The first-order chi connectivity index (χ1) is 6.65. The summed E-state index contributed by atoms with van der Waals surface area (Å²) in [5.74, 6) is 2.08. The van der Waals surface area contributed by atoms with Crippen LogP contribution in [-0.4, -0.2) is 12.5 Å². The number of amides is 1. The van der Waals surface area contributed by atoms with E-state index in [4.69, 9.17) is 18.0 Å². The van der Waals surface area contributed by atoms with Gasteiger partial charge in [-0.05, 0) is 24.6 Å². The first-order valence-corrected chi connectivity index (χ1v) is 4.50. The van der Waals surface area contributed by atoms with Crippen molar-refractivity contribution in [2.45, 2.75) is 6.92 Å². The Morgan fingerprint density at radius 1 is 1.64 bits per heavy atom. The van der Waals surface area contributed by atoms with Gasteiger partial charge in [-0.15, -0.1) is 6.42 Å². The van der Waals surface area contributed by atoms with Gasteiger partial charge in [0.2, 0.25) is 0 Å². The molecule has 72 valence electrons. The number of halogens is 1. The molecule has 14 heavy (non-hydrogen) atoms. The number of hydrogen-bond donors (Lipinski definition) is 1. The van der Waals surface area contributed by atoms with Gasteiger partial charge in [-0.3, -0.25) is 4.79 Å². The standard InChI is InChI=1S/C11H10ClNO/c1-3-6-13-11(14)9-5-4-8(2)7-10(9)12/h1,4-5,7H,6H2,2H3,(H,13,14). The molecular weight excluding hydrogens is 198 g/mol. The van der Waals surface area contributed by atoms with Crippen molar-refractivity contribution in [3.63, 3.8) is 0 Å². The summed E-state index contributed by atoms with van der Waals surface area (Å²) in [6, 6.07) is 5.26. The molecule has 0 aliphatic rings. The number of aryl methyl sites for hydroxylation is 1. The predicted octanol–water partition coefficient (Wildman–Crippen LogP) is 2.01. The van der Waals surface area contributed by atoms with Crippen molar-refractivity contribution in [1.29, 1.82) is 0 Å². The number of carbonyl (C=O) groups is 1. The molecule has 3 heteroatoms. The van der Waals surface area contributed by atoms with E-state index >= 15 is 0 Å². The fourth-order valence-electron chi connectivity index (χ4n) is 1.03. The summed E-state index contributed by atoms with van der Waals surface area (Å²) in [4.78, 5) is 11.4. The highest BCUT2D eigenvalue weighted by Gasteiger charge is 2.08. The third-order valence-electron chi connectivity index (χ3n) is 1.72. The van der Waals surface area contributed by atoms with Crippen LogP contribution in [0.4, 0.5) is 0 Å². The maximum absolute atomic E-state index is 11.4. The van der Waals surface area contributed by atoms with Crippen LogP contribution in [0.5, 0.6) is 0 Å². The van der Waals surface area contributed by atoms with E-state index in [1.54, 1.807) is 12.1 Å². The van der Waals surface area contributed by atoms with E-state index in [9.17, 15) is 4.79 Å². The molecule has 0 heterocycles. The summed E-state index contributed by atoms with van der Waals surface area (Å²) in [6.45, 7) is 2.12. The second-order valence-electron chi connectivity index (χ2n) is 2.87. The number of hydrogen-bond acceptors (Lipinski definition) is 1. The van der Waals surface area contributed by atoms with E-state index in [0.717, 1.165) is 5.56 Å². The van der Waals surface area contributed by atoms with Crippen LogP contribution in [0.15, 0.2) is 18.2 Å². The fourth-order valence-corrected chi connectivity index (χ4v) is 1.35. The van der Waals surface area contributed by atoms with E-state index < -0.39 is 0 Å². The number of nitrogens with one attached hydrogen (secondary N) is 1. The molecule has 1 N–H and O–H groups in total. The van der Waals surface area contributed by atoms with Gasteiger partial charge in [0.05, 0.1) is 17.1 Å². The van der Waals surface area contributed by atoms with Crippen LogP contribution in [0, 0.1) is 19.3 Å². The van der Waals surface area contributed by atoms with E-state index in [1.165, 1.54) is 0 Å². The third kappa shape index (κ3) is 2.51. The van der Waals surface area contributed by atoms with Gasteiger partial charge in [0.15, 0.2) is 0 Å². The summed E-state index contributed by atoms with van der Waals surface area (Å²) < 4.78 is 0. The van der Waals surface area contributed by atoms with E-state index in [2.05, 4.69) is 11.2 Å². The van der Waals surface area contributed by atoms with Gasteiger partial charge in [0.25, 0.3) is 5.91 Å². The topological polar surface area (TPSA) is 29.1 Å². The first kappa shape index (κ1) is 10.6. The third-order valence-corrected chi connectivity index (χ3v) is 2.03. The van der Waals surface area contributed by atoms with Gasteiger partial charge in [0.1, 0.15) is 0 Å². The van der Waals surface area contributed by atoms with Crippen LogP contribution in [0.3, 0.4) is 0 Å². The summed E-state index contributed by atoms with van der Waals surface area (Å²) in [5, 5.41) is 2.99. The van der Waals surface area contributed by atoms with Crippen LogP contribution in [0.25, 0.3) is 0 Å². The summed E-state index contributed by atoms with van der Waals surface area (Å²) in [7, 11) is 0. The maximum atomic E-state index is 11.4. The minimum Gasteiger partial charge on any atom is -0.341 e. The zero-order valence-corrected chi connectivity index (χ0v) is 8.56. The Kier molecular flexibility index (Phi) is 3.55. The Morgan fingerprint density at radius 2 is 2.36 bits per heavy atom. The fraction of sp³-hybridized carbons (Fsp3) is 0.182. The molecule has 2 nitrogen and oxygen atoms in total. The van der Waals surface area contributed by atoms with Crippen LogP contribution in [0.1, 0.15) is 15.9 Å². The molecule has 0 atom stereocenters. The molecule has 0 aromatic heterocycles. The molecule has 0 fully saturated rings. The van der Waals surface area contributed by atoms with E-state index in [0.29, 0.717) is 10.6 Å². The van der Waals surface area contributed by atoms with Crippen LogP contribution >= 0.6 is 11.6 Å². The largest absolute Gasteiger partial charge is 0.341 e. The molecule has 1 amide bonds. The van der Waals surface area contributed by atoms with E-state index in [1.807, 2.05) is 13.0 Å². The highest BCUT2D eigenvalue weighted by atomic mass is 35.5. The van der Waals surface area contributed by atoms with Crippen molar-refractivity contribution in [2.75, 3.05) is 6.54 Å². The molecule has 0 spiro atoms. The quantitative estimate of drug-likeness (QED) is 0.739. The Bertz CT molecular complexity index is 393. The van der Waals surface area contributed by atoms with Crippen molar-refractivity contribution >= 4 is 17.5 Å². The van der Waals surface area contributed by atoms with Gasteiger partial charge < -0.3 is 5.32 Å². The number of rotatable bonds is 2. The van der Waals surface area contributed by atoms with Crippen molar-refractivity contribution < 1.29 is 4.79 Å². The van der Waals surface area contributed by atoms with Crippen LogP contribution in [0.2, 0.25) is 5.02 Å². The minimum atomic E-state index is -0.243. The smallest absolute Gasteiger partial charge is 0.253 e. The average molecular weight is 208 g/mol. The zero-order chi connectivity index (χ0) is 10.6. The molecule has 0 saturated heterocycles. The maximum Gasteiger partial charge on any atom is 0.253 e. The van der Waals surface area contributed by atoms with Gasteiger partial charge in [-0.25, -0.2) is 0 Å². The van der Waals surface area contributed by atoms with Crippen molar-refractivity contribution in [1.82, 2.24) is 5.32 Å². The van der Waals surface area contributed by atoms with Crippen molar-refractivity contribution in [3.8, 4) is 12.3 Å². The molecule has 0 aliphatic carbocycles. The monoisotopic (exact) mass is 207 g/mol. The van der Waals surface area contributed by atoms with Crippen molar-refractivity contribution in [2.24, 2.45) is 0 Å². The summed E-state index contributed by atoms with van der Waals surface area (Å²) in [6.07, 6.45) is 5.02. The molecule has 1 aromatic carbocycles. The Morgan fingerprint density at radius 3 is 2.93 bits per heavy atom. The average Bonchev–Trinajstić information content (AvgIpc) is 2.14. The van der Waals surface area contributed by atoms with E-state index in [-0.39, 0.29) is 12.5 Å². The summed E-state index contributed by atoms with van der Waals surface area (Å²) >= 11 is 5.89. The molecule has 0 bridgehead atoms. The minimum absolute atomic E-state index is 0.211. The lowest BCUT2D eigenvalue weighted by atomic mass is 10.1. The van der Waals surface area contributed by atoms with Gasteiger partial charge >= 0.3 is 0 Å².